The highest BCUT2D eigenvalue weighted by atomic mass is 16.7. The van der Waals surface area contributed by atoms with Gasteiger partial charge in [0.2, 0.25) is 0 Å². The van der Waals surface area contributed by atoms with Crippen molar-refractivity contribution in [2.24, 2.45) is 0 Å². The van der Waals surface area contributed by atoms with Crippen LogP contribution in [0.5, 0.6) is 5.75 Å². The minimum absolute atomic E-state index is 0.00363. The van der Waals surface area contributed by atoms with Crippen molar-refractivity contribution in [2.75, 3.05) is 26.9 Å². The smallest absolute Gasteiger partial charge is 0.318 e. The van der Waals surface area contributed by atoms with Crippen LogP contribution in [0, 0.1) is 0 Å². The Morgan fingerprint density at radius 2 is 2.09 bits per heavy atom. The molecule has 2 saturated heterocycles. The van der Waals surface area contributed by atoms with Crippen LogP contribution in [0.15, 0.2) is 24.3 Å². The van der Waals surface area contributed by atoms with Crippen molar-refractivity contribution < 1.29 is 19.0 Å². The largest absolute Gasteiger partial charge is 0.496 e. The number of carbonyl (C=O) groups excluding carboxylic acids is 1. The predicted molar refractivity (Wildman–Crippen MR) is 85.3 cm³/mol. The van der Waals surface area contributed by atoms with E-state index < -0.39 is 0 Å². The second kappa shape index (κ2) is 7.66. The Morgan fingerprint density at radius 1 is 1.30 bits per heavy atom. The summed E-state index contributed by atoms with van der Waals surface area (Å²) >= 11 is 0. The zero-order valence-electron chi connectivity index (χ0n) is 13.5. The molecule has 0 spiro atoms. The maximum absolute atomic E-state index is 12.6. The Morgan fingerprint density at radius 3 is 2.87 bits per heavy atom. The topological polar surface area (TPSA) is 60.0 Å². The SMILES string of the molecule is COc1ccccc1CNC(=O)N1CCCC[C@@H]1C1OCCO1. The number of likely N-dealkylation sites (tertiary alicyclic amines) is 1. The number of nitrogens with zero attached hydrogens (tertiary/aromatic N) is 1. The molecule has 1 atom stereocenters. The summed E-state index contributed by atoms with van der Waals surface area (Å²) in [5.41, 5.74) is 0.963. The summed E-state index contributed by atoms with van der Waals surface area (Å²) in [7, 11) is 1.64. The number of urea groups is 1. The molecule has 1 aromatic rings. The quantitative estimate of drug-likeness (QED) is 0.923. The van der Waals surface area contributed by atoms with Crippen molar-refractivity contribution in [1.29, 1.82) is 0 Å². The first kappa shape index (κ1) is 16.1. The Balaban J connectivity index is 1.61. The summed E-state index contributed by atoms with van der Waals surface area (Å²) in [6.45, 7) is 2.40. The van der Waals surface area contributed by atoms with Gasteiger partial charge in [0.25, 0.3) is 0 Å². The summed E-state index contributed by atoms with van der Waals surface area (Å²) in [4.78, 5) is 14.5. The molecule has 2 amide bonds. The predicted octanol–water partition coefficient (Wildman–Crippen LogP) is 2.13. The molecule has 0 bridgehead atoms. The van der Waals surface area contributed by atoms with Crippen LogP contribution < -0.4 is 10.1 Å². The van der Waals surface area contributed by atoms with Crippen LogP contribution >= 0.6 is 0 Å². The van der Waals surface area contributed by atoms with Crippen LogP contribution in [0.1, 0.15) is 24.8 Å². The van der Waals surface area contributed by atoms with Crippen molar-refractivity contribution in [1.82, 2.24) is 10.2 Å². The first-order valence-corrected chi connectivity index (χ1v) is 8.19. The molecule has 6 heteroatoms. The highest BCUT2D eigenvalue weighted by molar-refractivity contribution is 5.74. The number of hydrogen-bond donors (Lipinski definition) is 1. The number of rotatable bonds is 4. The van der Waals surface area contributed by atoms with Crippen LogP contribution in [0.25, 0.3) is 0 Å². The first-order chi connectivity index (χ1) is 11.3. The number of ether oxygens (including phenoxy) is 3. The minimum atomic E-state index is -0.285. The summed E-state index contributed by atoms with van der Waals surface area (Å²) in [6.07, 6.45) is 2.76. The molecule has 0 aliphatic carbocycles. The van der Waals surface area contributed by atoms with Crippen LogP contribution in [0.4, 0.5) is 4.79 Å². The van der Waals surface area contributed by atoms with Gasteiger partial charge in [-0.1, -0.05) is 18.2 Å². The molecule has 2 fully saturated rings. The van der Waals surface area contributed by atoms with Gasteiger partial charge in [-0.2, -0.15) is 0 Å². The number of piperidine rings is 1. The van der Waals surface area contributed by atoms with Gasteiger partial charge in [0.15, 0.2) is 6.29 Å². The average molecular weight is 320 g/mol. The first-order valence-electron chi connectivity index (χ1n) is 8.19. The fraction of sp³-hybridized carbons (Fsp3) is 0.588. The summed E-state index contributed by atoms with van der Waals surface area (Å²) in [5.74, 6) is 0.783. The second-order valence-electron chi connectivity index (χ2n) is 5.84. The molecule has 0 radical (unpaired) electrons. The lowest BCUT2D eigenvalue weighted by Gasteiger charge is -2.37. The number of methoxy groups -OCH3 is 1. The lowest BCUT2D eigenvalue weighted by atomic mass is 10.0. The Bertz CT molecular complexity index is 531. The molecule has 0 aromatic heterocycles. The van der Waals surface area contributed by atoms with Crippen molar-refractivity contribution in [3.05, 3.63) is 29.8 Å². The van der Waals surface area contributed by atoms with E-state index in [4.69, 9.17) is 14.2 Å². The number of nitrogens with one attached hydrogen (secondary N) is 1. The zero-order valence-corrected chi connectivity index (χ0v) is 13.5. The van der Waals surface area contributed by atoms with E-state index in [9.17, 15) is 4.79 Å². The Kier molecular flexibility index (Phi) is 5.35. The standard InChI is InChI=1S/C17H24N2O4/c1-21-15-8-3-2-6-13(15)12-18-17(20)19-9-5-4-7-14(19)16-22-10-11-23-16/h2-3,6,8,14,16H,4-5,7,9-12H2,1H3,(H,18,20)/t14-/m1/s1. The van der Waals surface area contributed by atoms with Gasteiger partial charge < -0.3 is 24.4 Å². The number of carbonyl (C=O) groups is 1. The molecule has 0 saturated carbocycles. The summed E-state index contributed by atoms with van der Waals surface area (Å²) < 4.78 is 16.5. The highest BCUT2D eigenvalue weighted by Crippen LogP contribution is 2.24. The maximum atomic E-state index is 12.6. The van der Waals surface area contributed by atoms with E-state index in [0.29, 0.717) is 19.8 Å². The van der Waals surface area contributed by atoms with Gasteiger partial charge in [0.1, 0.15) is 5.75 Å². The van der Waals surface area contributed by atoms with Gasteiger partial charge >= 0.3 is 6.03 Å². The van der Waals surface area contributed by atoms with Crippen molar-refractivity contribution in [2.45, 2.75) is 38.1 Å². The molecule has 0 unspecified atom stereocenters. The van der Waals surface area contributed by atoms with E-state index >= 15 is 0 Å². The van der Waals surface area contributed by atoms with Crippen molar-refractivity contribution >= 4 is 6.03 Å². The Hall–Kier alpha value is -1.79. The molecule has 1 N–H and O–H groups in total. The van der Waals surface area contributed by atoms with Crippen LogP contribution in [-0.4, -0.2) is 50.1 Å². The van der Waals surface area contributed by atoms with E-state index in [2.05, 4.69) is 5.32 Å². The monoisotopic (exact) mass is 320 g/mol. The van der Waals surface area contributed by atoms with Crippen LogP contribution in [-0.2, 0) is 16.0 Å². The van der Waals surface area contributed by atoms with Gasteiger partial charge in [-0.15, -0.1) is 0 Å². The van der Waals surface area contributed by atoms with Gasteiger partial charge in [0, 0.05) is 18.7 Å². The zero-order chi connectivity index (χ0) is 16.1. The van der Waals surface area contributed by atoms with E-state index in [0.717, 1.165) is 37.1 Å². The normalized spacial score (nSPS) is 22.1. The molecule has 126 valence electrons. The third kappa shape index (κ3) is 3.76. The molecule has 23 heavy (non-hydrogen) atoms. The van der Waals surface area contributed by atoms with E-state index in [1.54, 1.807) is 7.11 Å². The average Bonchev–Trinajstić information content (AvgIpc) is 3.14. The molecule has 1 aromatic carbocycles. The van der Waals surface area contributed by atoms with Crippen LogP contribution in [0.3, 0.4) is 0 Å². The lowest BCUT2D eigenvalue weighted by Crippen LogP contribution is -2.53. The molecule has 2 heterocycles. The van der Waals surface area contributed by atoms with Crippen LogP contribution in [0.2, 0.25) is 0 Å². The van der Waals surface area contributed by atoms with Gasteiger partial charge in [-0.05, 0) is 25.3 Å². The number of hydrogen-bond acceptors (Lipinski definition) is 4. The highest BCUT2D eigenvalue weighted by Gasteiger charge is 2.36. The number of amides is 2. The van der Waals surface area contributed by atoms with Crippen molar-refractivity contribution in [3.63, 3.8) is 0 Å². The van der Waals surface area contributed by atoms with Gasteiger partial charge in [0.05, 0.1) is 26.4 Å². The third-order valence-corrected chi connectivity index (χ3v) is 4.39. The van der Waals surface area contributed by atoms with E-state index in [1.807, 2.05) is 29.2 Å². The number of benzene rings is 1. The lowest BCUT2D eigenvalue weighted by molar-refractivity contribution is -0.0983. The third-order valence-electron chi connectivity index (χ3n) is 4.39. The van der Waals surface area contributed by atoms with E-state index in [1.165, 1.54) is 0 Å². The second-order valence-corrected chi connectivity index (χ2v) is 5.84. The molecule has 6 nitrogen and oxygen atoms in total. The van der Waals surface area contributed by atoms with E-state index in [-0.39, 0.29) is 18.4 Å². The van der Waals surface area contributed by atoms with Gasteiger partial charge in [-0.25, -0.2) is 4.79 Å². The maximum Gasteiger partial charge on any atom is 0.318 e. The fourth-order valence-corrected chi connectivity index (χ4v) is 3.21. The molecular weight excluding hydrogens is 296 g/mol. The summed E-state index contributed by atoms with van der Waals surface area (Å²) in [6, 6.07) is 7.64. The molecule has 2 aliphatic rings. The fourth-order valence-electron chi connectivity index (χ4n) is 3.21. The number of para-hydroxylation sites is 1. The van der Waals surface area contributed by atoms with Crippen molar-refractivity contribution in [3.8, 4) is 5.75 Å². The molecule has 2 aliphatic heterocycles. The Labute approximate surface area is 136 Å². The molecular formula is C17H24N2O4. The summed E-state index contributed by atoms with van der Waals surface area (Å²) in [5, 5.41) is 2.99. The van der Waals surface area contributed by atoms with Gasteiger partial charge in [-0.3, -0.25) is 0 Å². The molecule has 3 rings (SSSR count). The minimum Gasteiger partial charge on any atom is -0.496 e.